The number of carbonyl (C=O) groups excluding carboxylic acids is 1. The van der Waals surface area contributed by atoms with Crippen LogP contribution in [0.2, 0.25) is 0 Å². The normalized spacial score (nSPS) is 21.7. The third-order valence-electron chi connectivity index (χ3n) is 10.3. The average Bonchev–Trinajstić information content (AvgIpc) is 3.21. The molecule has 7 atom stereocenters. The molecule has 9 heteroatoms. The van der Waals surface area contributed by atoms with Crippen LogP contribution in [0.5, 0.6) is 0 Å². The first-order valence-electron chi connectivity index (χ1n) is 22.7. The van der Waals surface area contributed by atoms with E-state index in [4.69, 9.17) is 9.47 Å². The van der Waals surface area contributed by atoms with E-state index in [1.165, 1.54) is 96.3 Å². The number of rotatable bonds is 36. The van der Waals surface area contributed by atoms with E-state index in [0.29, 0.717) is 6.42 Å². The minimum Gasteiger partial charge on any atom is -0.394 e. The molecular weight excluding hydrogens is 719 g/mol. The van der Waals surface area contributed by atoms with Crippen LogP contribution in [0.15, 0.2) is 72.9 Å². The quantitative estimate of drug-likeness (QED) is 0.0271. The van der Waals surface area contributed by atoms with Crippen LogP contribution in [0.25, 0.3) is 0 Å². The number of amides is 1. The maximum atomic E-state index is 12.9. The lowest BCUT2D eigenvalue weighted by Gasteiger charge is -2.40. The summed E-state index contributed by atoms with van der Waals surface area (Å²) in [5, 5.41) is 54.0. The van der Waals surface area contributed by atoms with Gasteiger partial charge in [-0.1, -0.05) is 164 Å². The van der Waals surface area contributed by atoms with Crippen LogP contribution >= 0.6 is 0 Å². The first-order chi connectivity index (χ1) is 27.8. The zero-order valence-corrected chi connectivity index (χ0v) is 35.8. The third kappa shape index (κ3) is 28.7. The molecular formula is C48H83NO8. The second-order valence-corrected chi connectivity index (χ2v) is 15.5. The summed E-state index contributed by atoms with van der Waals surface area (Å²) in [6, 6.07) is -0.852. The molecule has 9 nitrogen and oxygen atoms in total. The molecule has 0 bridgehead atoms. The van der Waals surface area contributed by atoms with Gasteiger partial charge in [-0.15, -0.1) is 0 Å². The second-order valence-electron chi connectivity index (χ2n) is 15.5. The van der Waals surface area contributed by atoms with Crippen LogP contribution in [0.3, 0.4) is 0 Å². The van der Waals surface area contributed by atoms with Gasteiger partial charge in [0.2, 0.25) is 5.91 Å². The monoisotopic (exact) mass is 802 g/mol. The van der Waals surface area contributed by atoms with Crippen LogP contribution < -0.4 is 5.32 Å². The van der Waals surface area contributed by atoms with E-state index in [2.05, 4.69) is 79.9 Å². The molecule has 0 aromatic heterocycles. The Morgan fingerprint density at radius 2 is 1.05 bits per heavy atom. The van der Waals surface area contributed by atoms with Gasteiger partial charge in [0.05, 0.1) is 25.4 Å². The Morgan fingerprint density at radius 3 is 1.60 bits per heavy atom. The highest BCUT2D eigenvalue weighted by Crippen LogP contribution is 2.22. The van der Waals surface area contributed by atoms with E-state index in [0.717, 1.165) is 44.9 Å². The predicted octanol–water partition coefficient (Wildman–Crippen LogP) is 9.39. The minimum absolute atomic E-state index is 0.226. The van der Waals surface area contributed by atoms with Crippen molar-refractivity contribution in [2.75, 3.05) is 13.2 Å². The van der Waals surface area contributed by atoms with Crippen molar-refractivity contribution in [2.45, 2.75) is 211 Å². The third-order valence-corrected chi connectivity index (χ3v) is 10.3. The maximum absolute atomic E-state index is 12.9. The lowest BCUT2D eigenvalue weighted by atomic mass is 9.99. The van der Waals surface area contributed by atoms with Gasteiger partial charge in [-0.3, -0.25) is 4.79 Å². The number of allylic oxidation sites excluding steroid dienone is 11. The summed E-state index contributed by atoms with van der Waals surface area (Å²) >= 11 is 0. The highest BCUT2D eigenvalue weighted by atomic mass is 16.7. The molecule has 0 saturated carbocycles. The van der Waals surface area contributed by atoms with Crippen LogP contribution in [-0.2, 0) is 14.3 Å². The molecule has 2 unspecified atom stereocenters. The topological polar surface area (TPSA) is 149 Å². The van der Waals surface area contributed by atoms with Crippen molar-refractivity contribution in [3.63, 3.8) is 0 Å². The summed E-state index contributed by atoms with van der Waals surface area (Å²) in [6.45, 7) is 3.69. The van der Waals surface area contributed by atoms with Gasteiger partial charge in [-0.2, -0.15) is 0 Å². The standard InChI is InChI=1S/C48H83NO8/c1-3-5-7-9-11-13-15-17-18-19-20-21-22-23-24-26-28-30-32-34-36-38-44(52)49-41(40-56-48-47(55)46(54)45(53)43(39-50)57-48)42(51)37-35-33-31-29-27-25-16-14-12-10-8-6-4-2/h18-19,21-22,24,26-27,29-30,32,35,37,41-43,45-48,50-51,53-55H,3-17,20,23,25,28,31,33-34,36,38-40H2,1-2H3,(H,49,52)/b19-18+,22-21+,26-24+,29-27+,32-30+,37-35+/t41-,42+,43-,45-,46?,47?,48-/m0/s1. The van der Waals surface area contributed by atoms with Crippen LogP contribution in [0, 0.1) is 0 Å². The van der Waals surface area contributed by atoms with Crippen LogP contribution in [0.4, 0.5) is 0 Å². The Kier molecular flexibility index (Phi) is 35.0. The SMILES string of the molecule is CCCCCCCCC/C=C/C/C=C/C/C=C/C/C=C/CCCC(=O)N[C@@H](CO[C@H]1O[C@@H](CO)[C@H](O)C(O)C1O)[C@H](O)/C=C/CC/C=C/CCCCCCCCC. The number of nitrogens with one attached hydrogen (secondary N) is 1. The van der Waals surface area contributed by atoms with Crippen LogP contribution in [0.1, 0.15) is 168 Å². The van der Waals surface area contributed by atoms with Crippen molar-refractivity contribution < 1.29 is 39.8 Å². The summed E-state index contributed by atoms with van der Waals surface area (Å²) in [7, 11) is 0. The van der Waals surface area contributed by atoms with Crippen molar-refractivity contribution >= 4 is 5.91 Å². The zero-order chi connectivity index (χ0) is 41.6. The van der Waals surface area contributed by atoms with Gasteiger partial charge in [0, 0.05) is 6.42 Å². The number of aliphatic hydroxyl groups excluding tert-OH is 5. The van der Waals surface area contributed by atoms with E-state index >= 15 is 0 Å². The number of aliphatic hydroxyl groups is 5. The summed E-state index contributed by atoms with van der Waals surface area (Å²) in [6.07, 6.45) is 43.8. The van der Waals surface area contributed by atoms with Gasteiger partial charge >= 0.3 is 0 Å². The molecule has 0 aromatic carbocycles. The second kappa shape index (κ2) is 37.9. The van der Waals surface area contributed by atoms with E-state index in [1.807, 2.05) is 6.08 Å². The summed E-state index contributed by atoms with van der Waals surface area (Å²) in [5.74, 6) is -0.245. The summed E-state index contributed by atoms with van der Waals surface area (Å²) in [4.78, 5) is 12.9. The van der Waals surface area contributed by atoms with Gasteiger partial charge < -0.3 is 40.3 Å². The number of ether oxygens (including phenoxy) is 2. The lowest BCUT2D eigenvalue weighted by molar-refractivity contribution is -0.302. The van der Waals surface area contributed by atoms with Crippen molar-refractivity contribution in [2.24, 2.45) is 0 Å². The molecule has 1 aliphatic rings. The van der Waals surface area contributed by atoms with Crippen molar-refractivity contribution in [1.82, 2.24) is 5.32 Å². The number of carbonyl (C=O) groups is 1. The zero-order valence-electron chi connectivity index (χ0n) is 35.8. The Balaban J connectivity index is 2.43. The largest absolute Gasteiger partial charge is 0.394 e. The Hall–Kier alpha value is -2.37. The highest BCUT2D eigenvalue weighted by molar-refractivity contribution is 5.76. The predicted molar refractivity (Wildman–Crippen MR) is 235 cm³/mol. The van der Waals surface area contributed by atoms with Gasteiger partial charge in [0.15, 0.2) is 6.29 Å². The van der Waals surface area contributed by atoms with Gasteiger partial charge in [0.1, 0.15) is 24.4 Å². The summed E-state index contributed by atoms with van der Waals surface area (Å²) < 4.78 is 11.2. The van der Waals surface area contributed by atoms with Crippen molar-refractivity contribution in [3.05, 3.63) is 72.9 Å². The molecule has 1 rings (SSSR count). The highest BCUT2D eigenvalue weighted by Gasteiger charge is 2.44. The Bertz CT molecular complexity index is 1120. The molecule has 1 heterocycles. The van der Waals surface area contributed by atoms with E-state index in [9.17, 15) is 30.3 Å². The molecule has 0 radical (unpaired) electrons. The molecule has 1 aliphatic heterocycles. The molecule has 1 amide bonds. The number of unbranched alkanes of at least 4 members (excludes halogenated alkanes) is 16. The van der Waals surface area contributed by atoms with Crippen LogP contribution in [-0.4, -0.2) is 87.5 Å². The number of hydrogen-bond donors (Lipinski definition) is 6. The molecule has 0 aromatic rings. The fourth-order valence-corrected chi connectivity index (χ4v) is 6.57. The summed E-state index contributed by atoms with van der Waals surface area (Å²) in [5.41, 5.74) is 0. The molecule has 328 valence electrons. The van der Waals surface area contributed by atoms with Gasteiger partial charge in [-0.25, -0.2) is 0 Å². The maximum Gasteiger partial charge on any atom is 0.220 e. The smallest absolute Gasteiger partial charge is 0.220 e. The van der Waals surface area contributed by atoms with Gasteiger partial charge in [0.25, 0.3) is 0 Å². The molecule has 0 aliphatic carbocycles. The van der Waals surface area contributed by atoms with Crippen molar-refractivity contribution in [3.8, 4) is 0 Å². The van der Waals surface area contributed by atoms with Gasteiger partial charge in [-0.05, 0) is 70.6 Å². The van der Waals surface area contributed by atoms with E-state index < -0.39 is 49.5 Å². The molecule has 6 N–H and O–H groups in total. The number of hydrogen-bond acceptors (Lipinski definition) is 8. The Labute approximate surface area is 347 Å². The fourth-order valence-electron chi connectivity index (χ4n) is 6.57. The molecule has 0 spiro atoms. The Morgan fingerprint density at radius 1 is 0.596 bits per heavy atom. The average molecular weight is 802 g/mol. The van der Waals surface area contributed by atoms with Crippen molar-refractivity contribution in [1.29, 1.82) is 0 Å². The fraction of sp³-hybridized carbons (Fsp3) is 0.729. The van der Waals surface area contributed by atoms with E-state index in [1.54, 1.807) is 6.08 Å². The molecule has 57 heavy (non-hydrogen) atoms. The first kappa shape index (κ1) is 52.6. The lowest BCUT2D eigenvalue weighted by Crippen LogP contribution is -2.60. The molecule has 1 fully saturated rings. The molecule has 1 saturated heterocycles. The minimum atomic E-state index is -1.58. The van der Waals surface area contributed by atoms with E-state index in [-0.39, 0.29) is 18.9 Å². The first-order valence-corrected chi connectivity index (χ1v) is 22.7.